The zero-order chi connectivity index (χ0) is 8.55. The summed E-state index contributed by atoms with van der Waals surface area (Å²) in [4.78, 5) is 0. The first-order valence-electron chi connectivity index (χ1n) is 5.17. The average Bonchev–Trinajstić information content (AvgIpc) is 2.49. The van der Waals surface area contributed by atoms with Gasteiger partial charge in [0.2, 0.25) is 0 Å². The number of rotatable bonds is 1. The number of hydrogen-bond donors (Lipinski definition) is 0. The third-order valence-corrected chi connectivity index (χ3v) is 3.27. The van der Waals surface area contributed by atoms with Gasteiger partial charge in [0.05, 0.1) is 0 Å². The molecule has 0 saturated carbocycles. The predicted octanol–water partition coefficient (Wildman–Crippen LogP) is 3.70. The van der Waals surface area contributed by atoms with Gasteiger partial charge >= 0.3 is 0 Å². The van der Waals surface area contributed by atoms with Crippen molar-refractivity contribution in [2.24, 2.45) is 11.8 Å². The average molecular weight is 162 g/mol. The van der Waals surface area contributed by atoms with Gasteiger partial charge in [0.15, 0.2) is 0 Å². The number of allylic oxidation sites excluding steroid dienone is 4. The van der Waals surface area contributed by atoms with E-state index in [0.717, 1.165) is 11.8 Å². The summed E-state index contributed by atoms with van der Waals surface area (Å²) in [6.45, 7) is 4.71. The molecular weight excluding hydrogens is 144 g/mol. The molecule has 0 nitrogen and oxygen atoms in total. The van der Waals surface area contributed by atoms with Gasteiger partial charge in [0.1, 0.15) is 0 Å². The second-order valence-corrected chi connectivity index (χ2v) is 4.41. The van der Waals surface area contributed by atoms with Crippen molar-refractivity contribution < 1.29 is 0 Å². The molecule has 0 saturated heterocycles. The van der Waals surface area contributed by atoms with Crippen molar-refractivity contribution in [2.45, 2.75) is 39.5 Å². The largest absolute Gasteiger partial charge is 0.0802 e. The summed E-state index contributed by atoms with van der Waals surface area (Å²) in [5.41, 5.74) is 3.43. The molecular formula is C12H18. The van der Waals surface area contributed by atoms with E-state index < -0.39 is 0 Å². The molecule has 0 spiro atoms. The fraction of sp³-hybridized carbons (Fsp3) is 0.667. The summed E-state index contributed by atoms with van der Waals surface area (Å²) in [5, 5.41) is 0. The lowest BCUT2D eigenvalue weighted by Gasteiger charge is -2.27. The Hall–Kier alpha value is -0.520. The summed E-state index contributed by atoms with van der Waals surface area (Å²) >= 11 is 0. The molecule has 0 aromatic carbocycles. The highest BCUT2D eigenvalue weighted by Crippen LogP contribution is 2.39. The van der Waals surface area contributed by atoms with Crippen LogP contribution in [0.5, 0.6) is 0 Å². The molecule has 0 aliphatic heterocycles. The van der Waals surface area contributed by atoms with E-state index in [1.807, 2.05) is 0 Å². The fourth-order valence-electron chi connectivity index (χ4n) is 2.58. The van der Waals surface area contributed by atoms with Gasteiger partial charge in [-0.2, -0.15) is 0 Å². The van der Waals surface area contributed by atoms with Gasteiger partial charge in [-0.15, -0.1) is 0 Å². The summed E-state index contributed by atoms with van der Waals surface area (Å²) in [7, 11) is 0. The van der Waals surface area contributed by atoms with Crippen LogP contribution in [0.3, 0.4) is 0 Å². The van der Waals surface area contributed by atoms with Crippen molar-refractivity contribution in [1.82, 2.24) is 0 Å². The van der Waals surface area contributed by atoms with Crippen LogP contribution in [0.1, 0.15) is 39.5 Å². The highest BCUT2D eigenvalue weighted by atomic mass is 14.3. The Morgan fingerprint density at radius 2 is 2.25 bits per heavy atom. The first-order valence-corrected chi connectivity index (χ1v) is 5.17. The third-order valence-electron chi connectivity index (χ3n) is 3.27. The molecule has 66 valence electrons. The molecule has 0 amide bonds. The minimum absolute atomic E-state index is 0.832. The van der Waals surface area contributed by atoms with Crippen LogP contribution in [-0.4, -0.2) is 0 Å². The monoisotopic (exact) mass is 162 g/mol. The van der Waals surface area contributed by atoms with Crippen LogP contribution in [0.25, 0.3) is 0 Å². The molecule has 0 aromatic heterocycles. The minimum Gasteiger partial charge on any atom is -0.0802 e. The second kappa shape index (κ2) is 3.08. The third kappa shape index (κ3) is 1.24. The molecule has 0 heteroatoms. The van der Waals surface area contributed by atoms with Crippen molar-refractivity contribution in [2.75, 3.05) is 0 Å². The van der Waals surface area contributed by atoms with Crippen LogP contribution in [0.15, 0.2) is 23.3 Å². The van der Waals surface area contributed by atoms with Gasteiger partial charge in [-0.25, -0.2) is 0 Å². The minimum atomic E-state index is 0.832. The Morgan fingerprint density at radius 3 is 3.00 bits per heavy atom. The van der Waals surface area contributed by atoms with Gasteiger partial charge in [-0.1, -0.05) is 31.6 Å². The quantitative estimate of drug-likeness (QED) is 0.551. The van der Waals surface area contributed by atoms with Crippen molar-refractivity contribution >= 4 is 0 Å². The molecule has 0 heterocycles. The Labute approximate surface area is 75.4 Å². The summed E-state index contributed by atoms with van der Waals surface area (Å²) in [5.74, 6) is 1.70. The summed E-state index contributed by atoms with van der Waals surface area (Å²) < 4.78 is 0. The van der Waals surface area contributed by atoms with Crippen LogP contribution in [0.2, 0.25) is 0 Å². The molecule has 0 fully saturated rings. The van der Waals surface area contributed by atoms with E-state index in [-0.39, 0.29) is 0 Å². The Bertz CT molecular complexity index is 230. The van der Waals surface area contributed by atoms with Crippen molar-refractivity contribution in [1.29, 1.82) is 0 Å². The molecule has 0 aromatic rings. The van der Waals surface area contributed by atoms with Crippen LogP contribution >= 0.6 is 0 Å². The van der Waals surface area contributed by atoms with Gasteiger partial charge in [-0.05, 0) is 43.1 Å². The smallest absolute Gasteiger partial charge is 0.0130 e. The van der Waals surface area contributed by atoms with E-state index in [0.29, 0.717) is 0 Å². The first kappa shape index (κ1) is 8.10. The standard InChI is InChI=1S/C12H18/c1-9(2)11-7-3-5-10-6-4-8-12(10)11/h4,8-9,11H,3,5-7H2,1-2H3/t11-/m0/s1. The second-order valence-electron chi connectivity index (χ2n) is 4.41. The molecule has 0 N–H and O–H groups in total. The first-order chi connectivity index (χ1) is 5.79. The van der Waals surface area contributed by atoms with Gasteiger partial charge < -0.3 is 0 Å². The normalized spacial score (nSPS) is 28.4. The molecule has 2 aliphatic rings. The lowest BCUT2D eigenvalue weighted by molar-refractivity contribution is 0.391. The van der Waals surface area contributed by atoms with E-state index in [1.165, 1.54) is 25.7 Å². The lowest BCUT2D eigenvalue weighted by Crippen LogP contribution is -2.15. The van der Waals surface area contributed by atoms with Crippen LogP contribution in [0.4, 0.5) is 0 Å². The van der Waals surface area contributed by atoms with Gasteiger partial charge in [0, 0.05) is 0 Å². The van der Waals surface area contributed by atoms with Crippen LogP contribution in [0, 0.1) is 11.8 Å². The predicted molar refractivity (Wildman–Crippen MR) is 53.0 cm³/mol. The highest BCUT2D eigenvalue weighted by molar-refractivity contribution is 5.37. The molecule has 1 atom stereocenters. The fourth-order valence-corrected chi connectivity index (χ4v) is 2.58. The zero-order valence-corrected chi connectivity index (χ0v) is 8.14. The maximum absolute atomic E-state index is 2.37. The molecule has 2 rings (SSSR count). The molecule has 0 unspecified atom stereocenters. The number of hydrogen-bond acceptors (Lipinski definition) is 0. The van der Waals surface area contributed by atoms with Crippen molar-refractivity contribution in [3.63, 3.8) is 0 Å². The molecule has 0 bridgehead atoms. The zero-order valence-electron chi connectivity index (χ0n) is 8.14. The van der Waals surface area contributed by atoms with E-state index in [2.05, 4.69) is 26.0 Å². The lowest BCUT2D eigenvalue weighted by atomic mass is 9.78. The van der Waals surface area contributed by atoms with E-state index in [1.54, 1.807) is 11.1 Å². The molecule has 2 aliphatic carbocycles. The van der Waals surface area contributed by atoms with E-state index in [4.69, 9.17) is 0 Å². The van der Waals surface area contributed by atoms with Crippen molar-refractivity contribution in [3.05, 3.63) is 23.3 Å². The molecule has 0 radical (unpaired) electrons. The Kier molecular flexibility index (Phi) is 2.08. The maximum Gasteiger partial charge on any atom is -0.0130 e. The Morgan fingerprint density at radius 1 is 1.42 bits per heavy atom. The van der Waals surface area contributed by atoms with E-state index >= 15 is 0 Å². The molecule has 12 heavy (non-hydrogen) atoms. The van der Waals surface area contributed by atoms with Crippen molar-refractivity contribution in [3.8, 4) is 0 Å². The maximum atomic E-state index is 2.37. The summed E-state index contributed by atoms with van der Waals surface area (Å²) in [6.07, 6.45) is 10.2. The van der Waals surface area contributed by atoms with Crippen LogP contribution < -0.4 is 0 Å². The van der Waals surface area contributed by atoms with Gasteiger partial charge in [-0.3, -0.25) is 0 Å². The Balaban J connectivity index is 2.24. The van der Waals surface area contributed by atoms with E-state index in [9.17, 15) is 0 Å². The topological polar surface area (TPSA) is 0 Å². The summed E-state index contributed by atoms with van der Waals surface area (Å²) in [6, 6.07) is 0. The van der Waals surface area contributed by atoms with Crippen LogP contribution in [-0.2, 0) is 0 Å². The highest BCUT2D eigenvalue weighted by Gasteiger charge is 2.25. The van der Waals surface area contributed by atoms with Gasteiger partial charge in [0.25, 0.3) is 0 Å². The SMILES string of the molecule is CC(C)[C@@H]1CCCC2=C1C=CC2.